The predicted octanol–water partition coefficient (Wildman–Crippen LogP) is 0.138. The van der Waals surface area contributed by atoms with E-state index >= 15 is 0 Å². The molecule has 0 unspecified atom stereocenters. The van der Waals surface area contributed by atoms with Crippen molar-refractivity contribution < 1.29 is 14.6 Å². The van der Waals surface area contributed by atoms with E-state index < -0.39 is 0 Å². The number of nitrogens with zero attached hydrogens (tertiary/aromatic N) is 3. The average Bonchev–Trinajstić information content (AvgIpc) is 2.63. The van der Waals surface area contributed by atoms with Gasteiger partial charge < -0.3 is 14.7 Å². The number of carbonyl (C=O) groups is 1. The van der Waals surface area contributed by atoms with Gasteiger partial charge in [0.05, 0.1) is 19.3 Å². The van der Waals surface area contributed by atoms with Crippen molar-refractivity contribution in [2.24, 2.45) is 0 Å². The quantitative estimate of drug-likeness (QED) is 0.831. The Labute approximate surface area is 143 Å². The first-order chi connectivity index (χ1) is 11.7. The van der Waals surface area contributed by atoms with Gasteiger partial charge in [0.15, 0.2) is 0 Å². The van der Waals surface area contributed by atoms with E-state index in [0.717, 1.165) is 58.0 Å². The first-order valence-corrected chi connectivity index (χ1v) is 8.77. The minimum absolute atomic E-state index is 0.101. The van der Waals surface area contributed by atoms with Crippen LogP contribution >= 0.6 is 0 Å². The molecule has 0 aromatic heterocycles. The summed E-state index contributed by atoms with van der Waals surface area (Å²) in [5, 5.41) is 10.3. The molecule has 24 heavy (non-hydrogen) atoms. The Morgan fingerprint density at radius 2 is 1.54 bits per heavy atom. The fourth-order valence-electron chi connectivity index (χ4n) is 3.33. The lowest BCUT2D eigenvalue weighted by atomic mass is 10.1. The highest BCUT2D eigenvalue weighted by Gasteiger charge is 2.24. The van der Waals surface area contributed by atoms with E-state index in [1.54, 1.807) is 0 Å². The molecule has 1 aromatic rings. The van der Waals surface area contributed by atoms with Crippen molar-refractivity contribution in [1.29, 1.82) is 0 Å². The van der Waals surface area contributed by atoms with Gasteiger partial charge in [-0.3, -0.25) is 14.6 Å². The number of morpholine rings is 1. The van der Waals surface area contributed by atoms with Gasteiger partial charge >= 0.3 is 0 Å². The van der Waals surface area contributed by atoms with Crippen molar-refractivity contribution in [1.82, 2.24) is 14.7 Å². The molecular weight excluding hydrogens is 306 g/mol. The third-order valence-electron chi connectivity index (χ3n) is 4.72. The summed E-state index contributed by atoms with van der Waals surface area (Å²) in [5.41, 5.74) is 0.748. The molecule has 2 saturated heterocycles. The molecule has 2 fully saturated rings. The second-order valence-electron chi connectivity index (χ2n) is 6.53. The van der Waals surface area contributed by atoms with Crippen molar-refractivity contribution in [2.45, 2.75) is 6.10 Å². The Kier molecular flexibility index (Phi) is 6.20. The number of piperazine rings is 1. The van der Waals surface area contributed by atoms with Crippen LogP contribution in [0, 0.1) is 0 Å². The van der Waals surface area contributed by atoms with Crippen LogP contribution in [0.25, 0.3) is 0 Å². The summed E-state index contributed by atoms with van der Waals surface area (Å²) in [5.74, 6) is 0.101. The zero-order valence-corrected chi connectivity index (χ0v) is 14.1. The lowest BCUT2D eigenvalue weighted by molar-refractivity contribution is 0.00292. The lowest BCUT2D eigenvalue weighted by Crippen LogP contribution is -2.52. The number of ether oxygens (including phenoxy) is 1. The predicted molar refractivity (Wildman–Crippen MR) is 92.1 cm³/mol. The van der Waals surface area contributed by atoms with Crippen LogP contribution in [0.2, 0.25) is 0 Å². The Morgan fingerprint density at radius 3 is 2.17 bits per heavy atom. The second-order valence-corrected chi connectivity index (χ2v) is 6.53. The van der Waals surface area contributed by atoms with Gasteiger partial charge in [-0.1, -0.05) is 18.2 Å². The number of rotatable bonds is 5. The van der Waals surface area contributed by atoms with Crippen LogP contribution in [0.1, 0.15) is 10.4 Å². The Bertz CT molecular complexity index is 512. The molecule has 6 heteroatoms. The minimum Gasteiger partial charge on any atom is -0.390 e. The fourth-order valence-corrected chi connectivity index (χ4v) is 3.33. The van der Waals surface area contributed by atoms with Crippen molar-refractivity contribution >= 4 is 5.91 Å². The molecule has 0 bridgehead atoms. The standard InChI is InChI=1S/C18H27N3O3/c22-17(15-20-10-12-24-13-11-20)14-19-6-8-21(9-7-19)18(23)16-4-2-1-3-5-16/h1-5,17,22H,6-15H2/t17-/m1/s1. The monoisotopic (exact) mass is 333 g/mol. The molecule has 0 spiro atoms. The van der Waals surface area contributed by atoms with Gasteiger partial charge in [0, 0.05) is 57.9 Å². The summed E-state index contributed by atoms with van der Waals surface area (Å²) >= 11 is 0. The molecule has 2 aliphatic rings. The lowest BCUT2D eigenvalue weighted by Gasteiger charge is -2.36. The molecule has 1 N–H and O–H groups in total. The van der Waals surface area contributed by atoms with E-state index in [2.05, 4.69) is 9.80 Å². The van der Waals surface area contributed by atoms with Gasteiger partial charge in [-0.15, -0.1) is 0 Å². The SMILES string of the molecule is O=C(c1ccccc1)N1CCN(C[C@@H](O)CN2CCOCC2)CC1. The van der Waals surface area contributed by atoms with Gasteiger partial charge in [0.25, 0.3) is 5.91 Å². The number of carbonyl (C=O) groups excluding carboxylic acids is 1. The van der Waals surface area contributed by atoms with E-state index in [-0.39, 0.29) is 12.0 Å². The van der Waals surface area contributed by atoms with E-state index in [1.165, 1.54) is 0 Å². The fraction of sp³-hybridized carbons (Fsp3) is 0.611. The smallest absolute Gasteiger partial charge is 0.253 e. The number of aliphatic hydroxyl groups excluding tert-OH is 1. The van der Waals surface area contributed by atoms with Crippen molar-refractivity contribution in [3.05, 3.63) is 35.9 Å². The zero-order chi connectivity index (χ0) is 16.8. The average molecular weight is 333 g/mol. The highest BCUT2D eigenvalue weighted by molar-refractivity contribution is 5.94. The van der Waals surface area contributed by atoms with E-state index in [4.69, 9.17) is 4.74 Å². The Hall–Kier alpha value is -1.47. The third kappa shape index (κ3) is 4.77. The molecule has 0 aliphatic carbocycles. The van der Waals surface area contributed by atoms with E-state index in [1.807, 2.05) is 35.2 Å². The molecule has 2 heterocycles. The summed E-state index contributed by atoms with van der Waals surface area (Å²) in [6.07, 6.45) is -0.348. The molecule has 1 amide bonds. The third-order valence-corrected chi connectivity index (χ3v) is 4.72. The second kappa shape index (κ2) is 8.58. The van der Waals surface area contributed by atoms with Crippen LogP contribution in [0.4, 0.5) is 0 Å². The van der Waals surface area contributed by atoms with Crippen molar-refractivity contribution in [2.75, 3.05) is 65.6 Å². The highest BCUT2D eigenvalue weighted by Crippen LogP contribution is 2.09. The Morgan fingerprint density at radius 1 is 0.958 bits per heavy atom. The first-order valence-electron chi connectivity index (χ1n) is 8.77. The molecule has 0 radical (unpaired) electrons. The van der Waals surface area contributed by atoms with Crippen molar-refractivity contribution in [3.63, 3.8) is 0 Å². The molecule has 2 aliphatic heterocycles. The van der Waals surface area contributed by atoms with Gasteiger partial charge in [-0.05, 0) is 12.1 Å². The zero-order valence-electron chi connectivity index (χ0n) is 14.1. The minimum atomic E-state index is -0.348. The largest absolute Gasteiger partial charge is 0.390 e. The van der Waals surface area contributed by atoms with Gasteiger partial charge in [0.2, 0.25) is 0 Å². The van der Waals surface area contributed by atoms with Crippen LogP contribution in [0.3, 0.4) is 0 Å². The van der Waals surface area contributed by atoms with Crippen LogP contribution < -0.4 is 0 Å². The number of benzene rings is 1. The summed E-state index contributed by atoms with van der Waals surface area (Å²) in [6, 6.07) is 9.43. The molecule has 132 valence electrons. The van der Waals surface area contributed by atoms with Gasteiger partial charge in [0.1, 0.15) is 0 Å². The topological polar surface area (TPSA) is 56.2 Å². The van der Waals surface area contributed by atoms with Gasteiger partial charge in [-0.25, -0.2) is 0 Å². The summed E-state index contributed by atoms with van der Waals surface area (Å²) < 4.78 is 5.33. The summed E-state index contributed by atoms with van der Waals surface area (Å²) in [6.45, 7) is 7.76. The molecule has 3 rings (SSSR count). The normalized spacial score (nSPS) is 21.6. The maximum Gasteiger partial charge on any atom is 0.253 e. The maximum absolute atomic E-state index is 12.4. The number of β-amino-alcohol motifs (C(OH)–C–C–N with tert-alkyl or cyclic N) is 1. The summed E-state index contributed by atoms with van der Waals surface area (Å²) in [4.78, 5) is 18.8. The number of hydrogen-bond acceptors (Lipinski definition) is 5. The van der Waals surface area contributed by atoms with Gasteiger partial charge in [-0.2, -0.15) is 0 Å². The van der Waals surface area contributed by atoms with Crippen LogP contribution in [-0.2, 0) is 4.74 Å². The van der Waals surface area contributed by atoms with Crippen LogP contribution in [0.5, 0.6) is 0 Å². The summed E-state index contributed by atoms with van der Waals surface area (Å²) in [7, 11) is 0. The number of hydrogen-bond donors (Lipinski definition) is 1. The molecule has 6 nitrogen and oxygen atoms in total. The van der Waals surface area contributed by atoms with E-state index in [9.17, 15) is 9.90 Å². The molecule has 1 aromatic carbocycles. The van der Waals surface area contributed by atoms with Crippen molar-refractivity contribution in [3.8, 4) is 0 Å². The number of amides is 1. The molecule has 0 saturated carbocycles. The van der Waals surface area contributed by atoms with E-state index in [0.29, 0.717) is 13.1 Å². The van der Waals surface area contributed by atoms with Crippen LogP contribution in [-0.4, -0.2) is 97.4 Å². The number of aliphatic hydroxyl groups is 1. The van der Waals surface area contributed by atoms with Crippen LogP contribution in [0.15, 0.2) is 30.3 Å². The molecular formula is C18H27N3O3. The molecule has 1 atom stereocenters. The highest BCUT2D eigenvalue weighted by atomic mass is 16.5. The first kappa shape index (κ1) is 17.4. The Balaban J connectivity index is 1.41. The maximum atomic E-state index is 12.4.